The lowest BCUT2D eigenvalue weighted by molar-refractivity contribution is 0.142. The smallest absolute Gasteiger partial charge is 0.162 e. The molecule has 25 heavy (non-hydrogen) atoms. The Bertz CT molecular complexity index is 894. The normalized spacial score (nSPS) is 25.2. The Labute approximate surface area is 146 Å². The van der Waals surface area contributed by atoms with Crippen LogP contribution in [0.2, 0.25) is 0 Å². The van der Waals surface area contributed by atoms with Gasteiger partial charge in [-0.2, -0.15) is 0 Å². The highest BCUT2D eigenvalue weighted by Crippen LogP contribution is 2.47. The van der Waals surface area contributed by atoms with Crippen molar-refractivity contribution in [2.75, 3.05) is 18.4 Å². The van der Waals surface area contributed by atoms with Crippen molar-refractivity contribution >= 4 is 16.7 Å². The van der Waals surface area contributed by atoms with Crippen LogP contribution in [0.25, 0.3) is 22.3 Å². The van der Waals surface area contributed by atoms with Crippen LogP contribution >= 0.6 is 0 Å². The van der Waals surface area contributed by atoms with Gasteiger partial charge < -0.3 is 10.6 Å². The number of hydrogen-bond donors (Lipinski definition) is 2. The predicted octanol–water partition coefficient (Wildman–Crippen LogP) is 3.25. The van der Waals surface area contributed by atoms with Crippen LogP contribution in [0.15, 0.2) is 48.8 Å². The standard InChI is InChI=1S/C20H21N5/c1-2-4-17-16(3-1)19(23-15-11-20(12-15)7-10-22-13-20)25-18(24-17)14-5-8-21-9-6-14/h1-6,8-9,15,22H,7,10-13H2,(H,23,24,25). The first kappa shape index (κ1) is 14.8. The van der Waals surface area contributed by atoms with Crippen molar-refractivity contribution in [2.24, 2.45) is 5.41 Å². The number of hydrogen-bond acceptors (Lipinski definition) is 5. The van der Waals surface area contributed by atoms with Gasteiger partial charge in [-0.05, 0) is 55.5 Å². The molecule has 2 fully saturated rings. The summed E-state index contributed by atoms with van der Waals surface area (Å²) in [5.41, 5.74) is 2.49. The van der Waals surface area contributed by atoms with E-state index in [2.05, 4.69) is 27.8 Å². The fraction of sp³-hybridized carbons (Fsp3) is 0.350. The summed E-state index contributed by atoms with van der Waals surface area (Å²) in [6.07, 6.45) is 7.32. The summed E-state index contributed by atoms with van der Waals surface area (Å²) < 4.78 is 0. The zero-order valence-corrected chi connectivity index (χ0v) is 14.1. The molecule has 2 aromatic heterocycles. The van der Waals surface area contributed by atoms with E-state index in [0.717, 1.165) is 41.2 Å². The number of para-hydroxylation sites is 1. The highest BCUT2D eigenvalue weighted by atomic mass is 15.1. The molecule has 3 heterocycles. The first-order chi connectivity index (χ1) is 12.3. The van der Waals surface area contributed by atoms with E-state index in [1.54, 1.807) is 12.4 Å². The Hall–Kier alpha value is -2.53. The van der Waals surface area contributed by atoms with Crippen LogP contribution < -0.4 is 10.6 Å². The molecule has 126 valence electrons. The summed E-state index contributed by atoms with van der Waals surface area (Å²) in [6.45, 7) is 2.33. The second kappa shape index (κ2) is 5.77. The first-order valence-corrected chi connectivity index (χ1v) is 8.96. The highest BCUT2D eigenvalue weighted by molar-refractivity contribution is 5.90. The molecule has 1 aromatic carbocycles. The highest BCUT2D eigenvalue weighted by Gasteiger charge is 2.46. The first-order valence-electron chi connectivity index (χ1n) is 8.96. The van der Waals surface area contributed by atoms with Gasteiger partial charge in [-0.3, -0.25) is 4.98 Å². The van der Waals surface area contributed by atoms with Crippen molar-refractivity contribution in [3.05, 3.63) is 48.8 Å². The van der Waals surface area contributed by atoms with E-state index < -0.39 is 0 Å². The maximum atomic E-state index is 4.84. The summed E-state index contributed by atoms with van der Waals surface area (Å²) >= 11 is 0. The van der Waals surface area contributed by atoms with E-state index in [1.165, 1.54) is 19.3 Å². The molecule has 1 aliphatic heterocycles. The van der Waals surface area contributed by atoms with Gasteiger partial charge in [-0.1, -0.05) is 12.1 Å². The number of aromatic nitrogens is 3. The van der Waals surface area contributed by atoms with Gasteiger partial charge in [-0.25, -0.2) is 9.97 Å². The number of pyridine rings is 1. The van der Waals surface area contributed by atoms with Crippen LogP contribution in [-0.2, 0) is 0 Å². The van der Waals surface area contributed by atoms with Crippen LogP contribution in [0.5, 0.6) is 0 Å². The quantitative estimate of drug-likeness (QED) is 0.771. The number of nitrogens with zero attached hydrogens (tertiary/aromatic N) is 3. The average Bonchev–Trinajstić information content (AvgIpc) is 3.12. The topological polar surface area (TPSA) is 62.7 Å². The van der Waals surface area contributed by atoms with Crippen LogP contribution in [-0.4, -0.2) is 34.1 Å². The van der Waals surface area contributed by atoms with Crippen molar-refractivity contribution in [3.63, 3.8) is 0 Å². The molecular weight excluding hydrogens is 310 g/mol. The minimum absolute atomic E-state index is 0.503. The molecule has 1 saturated carbocycles. The fourth-order valence-corrected chi connectivity index (χ4v) is 4.24. The van der Waals surface area contributed by atoms with Gasteiger partial charge >= 0.3 is 0 Å². The third kappa shape index (κ3) is 2.65. The van der Waals surface area contributed by atoms with Gasteiger partial charge in [0.05, 0.1) is 5.52 Å². The van der Waals surface area contributed by atoms with Gasteiger partial charge in [0.15, 0.2) is 5.82 Å². The van der Waals surface area contributed by atoms with E-state index in [4.69, 9.17) is 9.97 Å². The molecule has 2 N–H and O–H groups in total. The number of anilines is 1. The molecule has 2 aliphatic rings. The third-order valence-electron chi connectivity index (χ3n) is 5.57. The summed E-state index contributed by atoms with van der Waals surface area (Å²) in [6, 6.07) is 12.6. The zero-order chi connectivity index (χ0) is 16.7. The Morgan fingerprint density at radius 3 is 2.68 bits per heavy atom. The van der Waals surface area contributed by atoms with Gasteiger partial charge in [0.2, 0.25) is 0 Å². The average molecular weight is 331 g/mol. The van der Waals surface area contributed by atoms with E-state index in [0.29, 0.717) is 11.5 Å². The summed E-state index contributed by atoms with van der Waals surface area (Å²) in [5, 5.41) is 8.28. The van der Waals surface area contributed by atoms with Crippen molar-refractivity contribution in [1.29, 1.82) is 0 Å². The molecular formula is C20H21N5. The predicted molar refractivity (Wildman–Crippen MR) is 99.3 cm³/mol. The molecule has 0 amide bonds. The van der Waals surface area contributed by atoms with E-state index in [1.807, 2.05) is 24.3 Å². The molecule has 1 aliphatic carbocycles. The van der Waals surface area contributed by atoms with Gasteiger partial charge in [-0.15, -0.1) is 0 Å². The minimum atomic E-state index is 0.503. The molecule has 3 aromatic rings. The molecule has 5 heteroatoms. The molecule has 5 nitrogen and oxygen atoms in total. The number of benzene rings is 1. The maximum absolute atomic E-state index is 4.84. The van der Waals surface area contributed by atoms with E-state index >= 15 is 0 Å². The lowest BCUT2D eigenvalue weighted by Gasteiger charge is -2.45. The Kier molecular flexibility index (Phi) is 3.41. The molecule has 0 unspecified atom stereocenters. The molecule has 5 rings (SSSR count). The van der Waals surface area contributed by atoms with Crippen LogP contribution in [0.4, 0.5) is 5.82 Å². The molecule has 0 atom stereocenters. The molecule has 0 bridgehead atoms. The van der Waals surface area contributed by atoms with Gasteiger partial charge in [0, 0.05) is 35.9 Å². The Morgan fingerprint density at radius 1 is 1.04 bits per heavy atom. The number of fused-ring (bicyclic) bond motifs is 1. The van der Waals surface area contributed by atoms with Crippen molar-refractivity contribution < 1.29 is 0 Å². The summed E-state index contributed by atoms with van der Waals surface area (Å²) in [4.78, 5) is 13.7. The van der Waals surface area contributed by atoms with Crippen LogP contribution in [0.1, 0.15) is 19.3 Å². The van der Waals surface area contributed by atoms with Crippen molar-refractivity contribution in [2.45, 2.75) is 25.3 Å². The number of nitrogens with one attached hydrogen (secondary N) is 2. The zero-order valence-electron chi connectivity index (χ0n) is 14.1. The third-order valence-corrected chi connectivity index (χ3v) is 5.57. The van der Waals surface area contributed by atoms with E-state index in [9.17, 15) is 0 Å². The maximum Gasteiger partial charge on any atom is 0.162 e. The lowest BCUT2D eigenvalue weighted by atomic mass is 9.65. The molecule has 1 spiro atoms. The largest absolute Gasteiger partial charge is 0.367 e. The minimum Gasteiger partial charge on any atom is -0.367 e. The van der Waals surface area contributed by atoms with Crippen LogP contribution in [0, 0.1) is 5.41 Å². The van der Waals surface area contributed by atoms with Gasteiger partial charge in [0.25, 0.3) is 0 Å². The van der Waals surface area contributed by atoms with Gasteiger partial charge in [0.1, 0.15) is 5.82 Å². The van der Waals surface area contributed by atoms with Crippen molar-refractivity contribution in [1.82, 2.24) is 20.3 Å². The second-order valence-corrected chi connectivity index (χ2v) is 7.33. The SMILES string of the molecule is c1ccc2c(NC3CC4(CCNC4)C3)nc(-c3ccncc3)nc2c1. The van der Waals surface area contributed by atoms with Crippen molar-refractivity contribution in [3.8, 4) is 11.4 Å². The lowest BCUT2D eigenvalue weighted by Crippen LogP contribution is -2.46. The summed E-state index contributed by atoms with van der Waals surface area (Å²) in [5.74, 6) is 1.70. The molecule has 0 radical (unpaired) electrons. The Morgan fingerprint density at radius 2 is 1.88 bits per heavy atom. The monoisotopic (exact) mass is 331 g/mol. The number of rotatable bonds is 3. The summed E-state index contributed by atoms with van der Waals surface area (Å²) in [7, 11) is 0. The Balaban J connectivity index is 1.48. The second-order valence-electron chi connectivity index (χ2n) is 7.33. The fourth-order valence-electron chi connectivity index (χ4n) is 4.24. The van der Waals surface area contributed by atoms with Crippen LogP contribution in [0.3, 0.4) is 0 Å². The van der Waals surface area contributed by atoms with E-state index in [-0.39, 0.29) is 0 Å². The molecule has 1 saturated heterocycles.